The first-order valence-electron chi connectivity index (χ1n) is 8.62. The standard InChI is InChI=1S/C19H26N4O/c1-15-21-17(14-19(22-15)20-10-13-24-2)18-9-12-23(18)11-8-16-6-4-3-5-7-16/h3-7,14,18H,8-13H2,1-2H3,(H,20,21,22)/t18-/m1/s1. The van der Waals surface area contributed by atoms with Gasteiger partial charge in [-0.25, -0.2) is 9.97 Å². The summed E-state index contributed by atoms with van der Waals surface area (Å²) in [5.41, 5.74) is 2.52. The average molecular weight is 326 g/mol. The second-order valence-electron chi connectivity index (χ2n) is 6.22. The maximum atomic E-state index is 5.08. The summed E-state index contributed by atoms with van der Waals surface area (Å²) in [7, 11) is 1.71. The topological polar surface area (TPSA) is 50.3 Å². The van der Waals surface area contributed by atoms with Gasteiger partial charge in [0, 0.05) is 32.8 Å². The lowest BCUT2D eigenvalue weighted by molar-refractivity contribution is 0.0890. The first-order chi connectivity index (χ1) is 11.8. The van der Waals surface area contributed by atoms with Crippen LogP contribution in [-0.4, -0.2) is 48.2 Å². The van der Waals surface area contributed by atoms with Crippen LogP contribution in [0.2, 0.25) is 0 Å². The van der Waals surface area contributed by atoms with Crippen LogP contribution >= 0.6 is 0 Å². The minimum absolute atomic E-state index is 0.415. The Bertz CT molecular complexity index is 647. The third kappa shape index (κ3) is 4.30. The van der Waals surface area contributed by atoms with Crippen molar-refractivity contribution >= 4 is 5.82 Å². The van der Waals surface area contributed by atoms with Crippen molar-refractivity contribution in [2.75, 3.05) is 38.7 Å². The molecule has 5 heteroatoms. The zero-order valence-corrected chi connectivity index (χ0v) is 14.5. The number of nitrogens with zero attached hydrogens (tertiary/aromatic N) is 3. The molecule has 0 saturated carbocycles. The summed E-state index contributed by atoms with van der Waals surface area (Å²) in [6.45, 7) is 5.61. The molecule has 1 atom stereocenters. The number of ether oxygens (including phenoxy) is 1. The second-order valence-corrected chi connectivity index (χ2v) is 6.22. The van der Waals surface area contributed by atoms with Gasteiger partial charge in [0.15, 0.2) is 0 Å². The number of nitrogens with one attached hydrogen (secondary N) is 1. The number of likely N-dealkylation sites (tertiary alicyclic amines) is 1. The average Bonchev–Trinajstić information content (AvgIpc) is 2.55. The van der Waals surface area contributed by atoms with E-state index in [-0.39, 0.29) is 0 Å². The lowest BCUT2D eigenvalue weighted by atomic mass is 9.98. The molecule has 0 amide bonds. The van der Waals surface area contributed by atoms with E-state index in [4.69, 9.17) is 4.74 Å². The molecular weight excluding hydrogens is 300 g/mol. The van der Waals surface area contributed by atoms with Crippen LogP contribution in [0.5, 0.6) is 0 Å². The summed E-state index contributed by atoms with van der Waals surface area (Å²) in [6, 6.07) is 13.2. The molecule has 3 rings (SSSR count). The lowest BCUT2D eigenvalue weighted by Crippen LogP contribution is -2.42. The number of benzene rings is 1. The highest BCUT2D eigenvalue weighted by molar-refractivity contribution is 5.37. The molecule has 0 spiro atoms. The summed E-state index contributed by atoms with van der Waals surface area (Å²) in [4.78, 5) is 11.6. The molecule has 0 radical (unpaired) electrons. The van der Waals surface area contributed by atoms with E-state index in [2.05, 4.69) is 56.6 Å². The summed E-state index contributed by atoms with van der Waals surface area (Å²) >= 11 is 0. The van der Waals surface area contributed by atoms with Crippen molar-refractivity contribution in [2.45, 2.75) is 25.8 Å². The molecular formula is C19H26N4O. The van der Waals surface area contributed by atoms with E-state index in [1.807, 2.05) is 6.92 Å². The molecule has 2 aromatic rings. The maximum absolute atomic E-state index is 5.08. The van der Waals surface area contributed by atoms with E-state index in [0.29, 0.717) is 12.6 Å². The number of aryl methyl sites for hydroxylation is 1. The van der Waals surface area contributed by atoms with Crippen molar-refractivity contribution in [2.24, 2.45) is 0 Å². The molecule has 1 aliphatic rings. The lowest BCUT2D eigenvalue weighted by Gasteiger charge is -2.40. The van der Waals surface area contributed by atoms with E-state index < -0.39 is 0 Å². The van der Waals surface area contributed by atoms with Gasteiger partial charge in [0.1, 0.15) is 11.6 Å². The molecule has 0 bridgehead atoms. The molecule has 1 saturated heterocycles. The van der Waals surface area contributed by atoms with E-state index in [9.17, 15) is 0 Å². The van der Waals surface area contributed by atoms with Crippen LogP contribution < -0.4 is 5.32 Å². The molecule has 1 aromatic carbocycles. The Kier molecular flexibility index (Phi) is 5.77. The Balaban J connectivity index is 1.61. The molecule has 0 aliphatic carbocycles. The number of anilines is 1. The minimum Gasteiger partial charge on any atom is -0.383 e. The third-order valence-electron chi connectivity index (χ3n) is 4.47. The van der Waals surface area contributed by atoms with Crippen LogP contribution in [0.15, 0.2) is 36.4 Å². The van der Waals surface area contributed by atoms with Gasteiger partial charge in [-0.2, -0.15) is 0 Å². The van der Waals surface area contributed by atoms with Gasteiger partial charge in [0.05, 0.1) is 18.3 Å². The summed E-state index contributed by atoms with van der Waals surface area (Å²) < 4.78 is 5.08. The maximum Gasteiger partial charge on any atom is 0.130 e. The quantitative estimate of drug-likeness (QED) is 0.756. The monoisotopic (exact) mass is 326 g/mol. The summed E-state index contributed by atoms with van der Waals surface area (Å²) in [5, 5.41) is 3.31. The van der Waals surface area contributed by atoms with Crippen LogP contribution in [0.3, 0.4) is 0 Å². The molecule has 1 N–H and O–H groups in total. The van der Waals surface area contributed by atoms with E-state index in [0.717, 1.165) is 43.4 Å². The fourth-order valence-electron chi connectivity index (χ4n) is 3.09. The van der Waals surface area contributed by atoms with Gasteiger partial charge < -0.3 is 10.1 Å². The van der Waals surface area contributed by atoms with E-state index in [1.54, 1.807) is 7.11 Å². The Hall–Kier alpha value is -1.98. The predicted molar refractivity (Wildman–Crippen MR) is 96.2 cm³/mol. The van der Waals surface area contributed by atoms with Gasteiger partial charge in [-0.1, -0.05) is 30.3 Å². The Morgan fingerprint density at radius 2 is 2.08 bits per heavy atom. The van der Waals surface area contributed by atoms with Crippen molar-refractivity contribution in [3.63, 3.8) is 0 Å². The van der Waals surface area contributed by atoms with Gasteiger partial charge in [0.25, 0.3) is 0 Å². The van der Waals surface area contributed by atoms with Crippen LogP contribution in [0.1, 0.15) is 29.5 Å². The van der Waals surface area contributed by atoms with Crippen LogP contribution in [0.4, 0.5) is 5.82 Å². The predicted octanol–water partition coefficient (Wildman–Crippen LogP) is 2.83. The van der Waals surface area contributed by atoms with E-state index in [1.165, 1.54) is 12.0 Å². The number of hydrogen-bond donors (Lipinski definition) is 1. The molecule has 2 heterocycles. The van der Waals surface area contributed by atoms with Gasteiger partial charge in [-0.3, -0.25) is 4.90 Å². The highest BCUT2D eigenvalue weighted by Gasteiger charge is 2.30. The zero-order valence-electron chi connectivity index (χ0n) is 14.5. The van der Waals surface area contributed by atoms with Crippen molar-refractivity contribution in [3.05, 3.63) is 53.5 Å². The van der Waals surface area contributed by atoms with Crippen LogP contribution in [0, 0.1) is 6.92 Å². The first kappa shape index (κ1) is 16.9. The van der Waals surface area contributed by atoms with Gasteiger partial charge in [0.2, 0.25) is 0 Å². The van der Waals surface area contributed by atoms with Gasteiger partial charge in [-0.15, -0.1) is 0 Å². The largest absolute Gasteiger partial charge is 0.383 e. The smallest absolute Gasteiger partial charge is 0.130 e. The Morgan fingerprint density at radius 3 is 2.79 bits per heavy atom. The normalized spacial score (nSPS) is 17.5. The highest BCUT2D eigenvalue weighted by atomic mass is 16.5. The third-order valence-corrected chi connectivity index (χ3v) is 4.47. The van der Waals surface area contributed by atoms with Crippen LogP contribution in [-0.2, 0) is 11.2 Å². The molecule has 5 nitrogen and oxygen atoms in total. The number of hydrogen-bond acceptors (Lipinski definition) is 5. The Morgan fingerprint density at radius 1 is 1.25 bits per heavy atom. The zero-order chi connectivity index (χ0) is 16.8. The molecule has 0 unspecified atom stereocenters. The van der Waals surface area contributed by atoms with Crippen LogP contribution in [0.25, 0.3) is 0 Å². The first-order valence-corrected chi connectivity index (χ1v) is 8.62. The Labute approximate surface area is 144 Å². The van der Waals surface area contributed by atoms with Crippen molar-refractivity contribution < 1.29 is 4.74 Å². The number of aromatic nitrogens is 2. The fraction of sp³-hybridized carbons (Fsp3) is 0.474. The number of methoxy groups -OCH3 is 1. The van der Waals surface area contributed by atoms with E-state index >= 15 is 0 Å². The van der Waals surface area contributed by atoms with Crippen molar-refractivity contribution in [1.82, 2.24) is 14.9 Å². The summed E-state index contributed by atoms with van der Waals surface area (Å²) in [5.74, 6) is 1.71. The van der Waals surface area contributed by atoms with Crippen molar-refractivity contribution in [1.29, 1.82) is 0 Å². The van der Waals surface area contributed by atoms with Crippen molar-refractivity contribution in [3.8, 4) is 0 Å². The number of rotatable bonds is 8. The minimum atomic E-state index is 0.415. The summed E-state index contributed by atoms with van der Waals surface area (Å²) in [6.07, 6.45) is 2.25. The molecule has 1 aromatic heterocycles. The molecule has 1 fully saturated rings. The van der Waals surface area contributed by atoms with Gasteiger partial charge in [-0.05, 0) is 25.3 Å². The molecule has 1 aliphatic heterocycles. The second kappa shape index (κ2) is 8.22. The highest BCUT2D eigenvalue weighted by Crippen LogP contribution is 2.32. The van der Waals surface area contributed by atoms with Gasteiger partial charge >= 0.3 is 0 Å². The SMILES string of the molecule is COCCNc1cc([C@H]2CCN2CCc2ccccc2)nc(C)n1. The fourth-order valence-corrected chi connectivity index (χ4v) is 3.09. The molecule has 128 valence electrons. The molecule has 24 heavy (non-hydrogen) atoms.